The summed E-state index contributed by atoms with van der Waals surface area (Å²) in [5.41, 5.74) is -1.68. The van der Waals surface area contributed by atoms with E-state index in [2.05, 4.69) is 24.1 Å². The van der Waals surface area contributed by atoms with Gasteiger partial charge in [0.25, 0.3) is 0 Å². The number of aliphatic carboxylic acids is 1. The Bertz CT molecular complexity index is 1180. The number of carboxylic acids is 1. The normalized spacial score (nSPS) is 16.4. The van der Waals surface area contributed by atoms with Crippen molar-refractivity contribution in [2.75, 3.05) is 26.9 Å². The Balaban J connectivity index is 1.92. The standard InChI is InChI=1S/C37H55NO9/c1-5-7-9-13-16-23-37(46-26-27-47-37)24-17-14-11-10-12-15-18-31(36(3,43)35(41)42)33(39)38-32(34(40)44-4)28-29-19-21-30(22-20-29)45-25-8-6-2/h15,18-22,31-32,43H,5,7,9-14,16-17,23-28H2,1-4H3,(H,38,39)(H,41,42)/t31-,32+,36+/m1/s1. The van der Waals surface area contributed by atoms with Crippen molar-refractivity contribution in [3.05, 3.63) is 42.0 Å². The number of rotatable bonds is 23. The van der Waals surface area contributed by atoms with Crippen molar-refractivity contribution in [1.29, 1.82) is 0 Å². The number of unbranched alkanes of at least 4 members (excludes halogenated alkanes) is 8. The van der Waals surface area contributed by atoms with Crippen LogP contribution >= 0.6 is 0 Å². The van der Waals surface area contributed by atoms with Crippen LogP contribution in [0.2, 0.25) is 0 Å². The number of ether oxygens (including phenoxy) is 4. The Kier molecular flexibility index (Phi) is 18.2. The minimum Gasteiger partial charge on any atom is -0.481 e. The van der Waals surface area contributed by atoms with Gasteiger partial charge < -0.3 is 34.5 Å². The molecule has 1 aromatic carbocycles. The summed E-state index contributed by atoms with van der Waals surface area (Å²) < 4.78 is 22.4. The molecule has 47 heavy (non-hydrogen) atoms. The van der Waals surface area contributed by atoms with Crippen LogP contribution in [0.25, 0.3) is 0 Å². The molecule has 3 atom stereocenters. The van der Waals surface area contributed by atoms with Crippen molar-refractivity contribution in [3.8, 4) is 17.6 Å². The van der Waals surface area contributed by atoms with Crippen molar-refractivity contribution >= 4 is 17.8 Å². The van der Waals surface area contributed by atoms with Gasteiger partial charge in [-0.1, -0.05) is 75.7 Å². The van der Waals surface area contributed by atoms with Gasteiger partial charge >= 0.3 is 11.9 Å². The first kappa shape index (κ1) is 39.8. The van der Waals surface area contributed by atoms with E-state index in [0.717, 1.165) is 57.4 Å². The number of hydrogen-bond acceptors (Lipinski definition) is 8. The number of carbonyl (C=O) groups excluding carboxylic acids is 2. The topological polar surface area (TPSA) is 141 Å². The summed E-state index contributed by atoms with van der Waals surface area (Å²) in [4.78, 5) is 37.9. The van der Waals surface area contributed by atoms with Crippen molar-refractivity contribution in [1.82, 2.24) is 5.32 Å². The Morgan fingerprint density at radius 2 is 1.64 bits per heavy atom. The smallest absolute Gasteiger partial charge is 0.336 e. The van der Waals surface area contributed by atoms with Gasteiger partial charge in [0.1, 0.15) is 18.4 Å². The van der Waals surface area contributed by atoms with Gasteiger partial charge in [0, 0.05) is 19.3 Å². The van der Waals surface area contributed by atoms with Gasteiger partial charge in [-0.3, -0.25) is 4.79 Å². The van der Waals surface area contributed by atoms with Gasteiger partial charge in [-0.05, 0) is 57.2 Å². The van der Waals surface area contributed by atoms with E-state index in [0.29, 0.717) is 25.4 Å². The number of benzene rings is 1. The summed E-state index contributed by atoms with van der Waals surface area (Å²) in [7, 11) is 1.21. The highest BCUT2D eigenvalue weighted by Crippen LogP contribution is 2.32. The van der Waals surface area contributed by atoms with Crippen LogP contribution in [0.1, 0.15) is 103 Å². The summed E-state index contributed by atoms with van der Waals surface area (Å²) in [6, 6.07) is 5.87. The maximum absolute atomic E-state index is 13.4. The number of carboxylic acid groups (broad SMARTS) is 1. The molecule has 0 bridgehead atoms. The fraction of sp³-hybridized carbons (Fsp3) is 0.649. The number of methoxy groups -OCH3 is 1. The maximum Gasteiger partial charge on any atom is 0.336 e. The lowest BCUT2D eigenvalue weighted by molar-refractivity contribution is -0.168. The first-order valence-electron chi connectivity index (χ1n) is 17.0. The predicted molar refractivity (Wildman–Crippen MR) is 180 cm³/mol. The second-order valence-electron chi connectivity index (χ2n) is 12.2. The van der Waals surface area contributed by atoms with Crippen molar-refractivity contribution in [3.63, 3.8) is 0 Å². The Morgan fingerprint density at radius 1 is 1.02 bits per heavy atom. The minimum absolute atomic E-state index is 0.0926. The van der Waals surface area contributed by atoms with Crippen LogP contribution in [0.4, 0.5) is 0 Å². The van der Waals surface area contributed by atoms with E-state index in [4.69, 9.17) is 18.9 Å². The molecule has 1 fully saturated rings. The van der Waals surface area contributed by atoms with Crippen LogP contribution in [0.15, 0.2) is 36.4 Å². The molecule has 1 saturated heterocycles. The molecule has 10 heteroatoms. The molecule has 0 saturated carbocycles. The molecule has 1 amide bonds. The quantitative estimate of drug-likeness (QED) is 0.0582. The Hall–Kier alpha value is -3.39. The molecule has 1 aliphatic rings. The molecule has 1 aromatic rings. The van der Waals surface area contributed by atoms with Crippen LogP contribution in [0, 0.1) is 17.8 Å². The van der Waals surface area contributed by atoms with Crippen LogP contribution in [0.3, 0.4) is 0 Å². The lowest BCUT2D eigenvalue weighted by Gasteiger charge is -2.27. The maximum atomic E-state index is 13.4. The van der Waals surface area contributed by atoms with E-state index >= 15 is 0 Å². The highest BCUT2D eigenvalue weighted by Gasteiger charge is 2.43. The van der Waals surface area contributed by atoms with E-state index in [-0.39, 0.29) is 13.0 Å². The first-order chi connectivity index (χ1) is 22.6. The van der Waals surface area contributed by atoms with Crippen LogP contribution < -0.4 is 10.1 Å². The van der Waals surface area contributed by atoms with Gasteiger partial charge in [-0.15, -0.1) is 5.92 Å². The fourth-order valence-electron chi connectivity index (χ4n) is 5.56. The molecule has 0 radical (unpaired) electrons. The van der Waals surface area contributed by atoms with Gasteiger partial charge in [-0.2, -0.15) is 0 Å². The predicted octanol–water partition coefficient (Wildman–Crippen LogP) is 5.74. The van der Waals surface area contributed by atoms with Crippen LogP contribution in [-0.4, -0.2) is 72.4 Å². The minimum atomic E-state index is -2.40. The number of esters is 1. The highest BCUT2D eigenvalue weighted by atomic mass is 16.7. The largest absolute Gasteiger partial charge is 0.481 e. The molecule has 1 aliphatic heterocycles. The zero-order valence-corrected chi connectivity index (χ0v) is 28.7. The molecule has 2 rings (SSSR count). The molecular formula is C37H55NO9. The zero-order valence-electron chi connectivity index (χ0n) is 28.7. The molecule has 1 heterocycles. The van der Waals surface area contributed by atoms with Crippen LogP contribution in [0.5, 0.6) is 5.75 Å². The highest BCUT2D eigenvalue weighted by molar-refractivity contribution is 5.92. The number of amides is 1. The van der Waals surface area contributed by atoms with Crippen molar-refractivity contribution in [2.45, 2.75) is 122 Å². The lowest BCUT2D eigenvalue weighted by Crippen LogP contribution is -2.53. The first-order valence-corrected chi connectivity index (χ1v) is 17.0. The molecular weight excluding hydrogens is 602 g/mol. The summed E-state index contributed by atoms with van der Waals surface area (Å²) >= 11 is 0. The molecule has 0 aromatic heterocycles. The molecule has 0 aliphatic carbocycles. The third-order valence-corrected chi connectivity index (χ3v) is 8.46. The number of carbonyl (C=O) groups is 3. The SMILES string of the molecule is CC#CCOc1ccc(C[C@H](NC(=O)[C@@H](C=CCCCCCCC2(CCCCCCC)OCCO2)[C@](C)(O)C(=O)O)C(=O)OC)cc1. The summed E-state index contributed by atoms with van der Waals surface area (Å²) in [6.45, 7) is 6.55. The van der Waals surface area contributed by atoms with E-state index in [1.54, 1.807) is 37.3 Å². The zero-order chi connectivity index (χ0) is 34.5. The summed E-state index contributed by atoms with van der Waals surface area (Å²) in [5, 5.41) is 23.1. The van der Waals surface area contributed by atoms with Gasteiger partial charge in [0.15, 0.2) is 11.4 Å². The van der Waals surface area contributed by atoms with E-state index in [1.165, 1.54) is 38.9 Å². The van der Waals surface area contributed by atoms with Crippen molar-refractivity contribution < 1.29 is 43.5 Å². The number of allylic oxidation sites excluding steroid dienone is 1. The molecule has 3 N–H and O–H groups in total. The average Bonchev–Trinajstić information content (AvgIpc) is 3.52. The third kappa shape index (κ3) is 14.1. The monoisotopic (exact) mass is 657 g/mol. The average molecular weight is 658 g/mol. The second kappa shape index (κ2) is 21.5. The van der Waals surface area contributed by atoms with Crippen LogP contribution in [-0.2, 0) is 35.0 Å². The van der Waals surface area contributed by atoms with E-state index in [9.17, 15) is 24.6 Å². The number of hydrogen-bond donors (Lipinski definition) is 3. The van der Waals surface area contributed by atoms with E-state index in [1.807, 2.05) is 0 Å². The van der Waals surface area contributed by atoms with Gasteiger partial charge in [0.05, 0.1) is 26.2 Å². The van der Waals surface area contributed by atoms with E-state index < -0.39 is 41.2 Å². The molecule has 0 spiro atoms. The van der Waals surface area contributed by atoms with Gasteiger partial charge in [0.2, 0.25) is 5.91 Å². The molecule has 0 unspecified atom stereocenters. The van der Waals surface area contributed by atoms with Crippen molar-refractivity contribution in [2.24, 2.45) is 5.92 Å². The lowest BCUT2D eigenvalue weighted by atomic mass is 9.87. The molecule has 262 valence electrons. The molecule has 10 nitrogen and oxygen atoms in total. The third-order valence-electron chi connectivity index (χ3n) is 8.46. The Labute approximate surface area is 280 Å². The number of aliphatic hydroxyl groups is 1. The second-order valence-corrected chi connectivity index (χ2v) is 12.2. The Morgan fingerprint density at radius 3 is 2.21 bits per heavy atom. The summed E-state index contributed by atoms with van der Waals surface area (Å²) in [5.74, 6) is 1.25. The van der Waals surface area contributed by atoms with Gasteiger partial charge in [-0.25, -0.2) is 9.59 Å². The summed E-state index contributed by atoms with van der Waals surface area (Å²) in [6.07, 6.45) is 15.4. The fourth-order valence-corrected chi connectivity index (χ4v) is 5.56. The number of nitrogens with one attached hydrogen (secondary N) is 1.